The third-order valence-corrected chi connectivity index (χ3v) is 6.43. The minimum Gasteiger partial charge on any atom is -0.348 e. The Morgan fingerprint density at radius 2 is 1.88 bits per heavy atom. The van der Waals surface area contributed by atoms with Gasteiger partial charge in [0.25, 0.3) is 5.56 Å². The van der Waals surface area contributed by atoms with E-state index in [0.717, 1.165) is 49.1 Å². The lowest BCUT2D eigenvalue weighted by molar-refractivity contribution is -0.116. The fourth-order valence-corrected chi connectivity index (χ4v) is 4.84. The third kappa shape index (κ3) is 4.29. The highest BCUT2D eigenvalue weighted by atomic mass is 32.1. The number of piperidine rings is 1. The van der Waals surface area contributed by atoms with Crippen LogP contribution in [0.3, 0.4) is 0 Å². The number of nitrogens with one attached hydrogen (secondary N) is 1. The fraction of sp³-hybridized carbons (Fsp3) is 0.429. The number of hydrogen-bond acceptors (Lipinski definition) is 6. The largest absolute Gasteiger partial charge is 0.348 e. The summed E-state index contributed by atoms with van der Waals surface area (Å²) < 4.78 is 29.2. The molecule has 3 aromatic rings. The zero-order chi connectivity index (χ0) is 22.8. The number of nitrogens with zero attached hydrogens (tertiary/aromatic N) is 4. The number of carbonyl (C=O) groups excluding carboxylic acids is 1. The number of amides is 1. The van der Waals surface area contributed by atoms with Crippen molar-refractivity contribution in [3.63, 3.8) is 0 Å². The molecule has 1 N–H and O–H groups in total. The summed E-state index contributed by atoms with van der Waals surface area (Å²) in [6, 6.07) is 2.99. The molecule has 1 fully saturated rings. The summed E-state index contributed by atoms with van der Waals surface area (Å²) in [5.74, 6) is -2.74. The molecule has 0 spiro atoms. The van der Waals surface area contributed by atoms with Crippen LogP contribution in [0, 0.1) is 11.6 Å². The number of benzene rings is 1. The number of hydrogen-bond donors (Lipinski definition) is 1. The summed E-state index contributed by atoms with van der Waals surface area (Å²) in [6.45, 7) is 3.30. The topological polar surface area (TPSA) is 89.2 Å². The molecule has 170 valence electrons. The van der Waals surface area contributed by atoms with E-state index in [1.807, 2.05) is 6.92 Å². The first kappa shape index (κ1) is 22.1. The second-order valence-electron chi connectivity index (χ2n) is 7.70. The van der Waals surface area contributed by atoms with Gasteiger partial charge < -0.3 is 10.2 Å². The van der Waals surface area contributed by atoms with Crippen LogP contribution in [0.15, 0.2) is 27.8 Å². The van der Waals surface area contributed by atoms with Crippen molar-refractivity contribution in [2.75, 3.05) is 23.3 Å². The molecule has 4 rings (SSSR count). The molecule has 0 aliphatic carbocycles. The van der Waals surface area contributed by atoms with E-state index < -0.39 is 35.3 Å². The Morgan fingerprint density at radius 3 is 2.56 bits per heavy atom. The van der Waals surface area contributed by atoms with Gasteiger partial charge in [-0.15, -0.1) is 0 Å². The van der Waals surface area contributed by atoms with Crippen LogP contribution in [0.1, 0.15) is 32.6 Å². The van der Waals surface area contributed by atoms with Crippen molar-refractivity contribution < 1.29 is 13.6 Å². The molecule has 1 amide bonds. The average Bonchev–Trinajstić information content (AvgIpc) is 3.23. The van der Waals surface area contributed by atoms with Gasteiger partial charge in [0.15, 0.2) is 22.4 Å². The van der Waals surface area contributed by atoms with Crippen molar-refractivity contribution in [2.45, 2.75) is 45.7 Å². The van der Waals surface area contributed by atoms with Crippen LogP contribution in [0.25, 0.3) is 10.3 Å². The number of aromatic nitrogens is 3. The van der Waals surface area contributed by atoms with Gasteiger partial charge in [-0.3, -0.25) is 18.7 Å². The molecule has 2 aromatic heterocycles. The number of thiazole rings is 1. The Hall–Kier alpha value is -3.08. The van der Waals surface area contributed by atoms with E-state index in [4.69, 9.17) is 0 Å². The van der Waals surface area contributed by atoms with E-state index in [0.29, 0.717) is 16.3 Å². The number of fused-ring (bicyclic) bond motifs is 1. The van der Waals surface area contributed by atoms with Crippen LogP contribution in [-0.2, 0) is 17.9 Å². The maximum absolute atomic E-state index is 13.5. The molecular formula is C21H23F2N5O3S. The summed E-state index contributed by atoms with van der Waals surface area (Å²) in [7, 11) is 0. The van der Waals surface area contributed by atoms with E-state index in [1.165, 1.54) is 22.0 Å². The molecule has 0 unspecified atom stereocenters. The van der Waals surface area contributed by atoms with Crippen molar-refractivity contribution in [3.8, 4) is 0 Å². The van der Waals surface area contributed by atoms with E-state index >= 15 is 0 Å². The maximum Gasteiger partial charge on any atom is 0.333 e. The average molecular weight is 464 g/mol. The Labute approximate surface area is 186 Å². The van der Waals surface area contributed by atoms with Gasteiger partial charge >= 0.3 is 5.69 Å². The highest BCUT2D eigenvalue weighted by Crippen LogP contribution is 2.28. The normalized spacial score (nSPS) is 14.2. The summed E-state index contributed by atoms with van der Waals surface area (Å²) in [5, 5.41) is 3.11. The van der Waals surface area contributed by atoms with Crippen LogP contribution in [0.5, 0.6) is 0 Å². The zero-order valence-electron chi connectivity index (χ0n) is 17.6. The molecule has 0 atom stereocenters. The summed E-state index contributed by atoms with van der Waals surface area (Å²) >= 11 is 1.23. The Balaban J connectivity index is 1.73. The van der Waals surface area contributed by atoms with Gasteiger partial charge in [0.2, 0.25) is 5.91 Å². The van der Waals surface area contributed by atoms with Crippen LogP contribution in [0.2, 0.25) is 0 Å². The van der Waals surface area contributed by atoms with Gasteiger partial charge in [0, 0.05) is 31.4 Å². The number of carbonyl (C=O) groups is 1. The van der Waals surface area contributed by atoms with Gasteiger partial charge in [-0.2, -0.15) is 0 Å². The second kappa shape index (κ2) is 9.19. The molecule has 11 heteroatoms. The quantitative estimate of drug-likeness (QED) is 0.607. The Bertz CT molecular complexity index is 1280. The van der Waals surface area contributed by atoms with E-state index in [1.54, 1.807) is 0 Å². The van der Waals surface area contributed by atoms with E-state index in [-0.39, 0.29) is 17.9 Å². The van der Waals surface area contributed by atoms with E-state index in [2.05, 4.69) is 15.2 Å². The van der Waals surface area contributed by atoms with Crippen LogP contribution in [-0.4, -0.2) is 33.1 Å². The van der Waals surface area contributed by atoms with Crippen LogP contribution < -0.4 is 21.5 Å². The van der Waals surface area contributed by atoms with Gasteiger partial charge in [0.05, 0.1) is 0 Å². The van der Waals surface area contributed by atoms with E-state index in [9.17, 15) is 23.2 Å². The van der Waals surface area contributed by atoms with Crippen molar-refractivity contribution in [2.24, 2.45) is 0 Å². The molecular weight excluding hydrogens is 440 g/mol. The van der Waals surface area contributed by atoms with Gasteiger partial charge in [-0.1, -0.05) is 18.3 Å². The number of anilines is 2. The first-order chi connectivity index (χ1) is 15.4. The highest BCUT2D eigenvalue weighted by molar-refractivity contribution is 7.22. The first-order valence-corrected chi connectivity index (χ1v) is 11.3. The minimum atomic E-state index is -1.09. The molecule has 32 heavy (non-hydrogen) atoms. The lowest BCUT2D eigenvalue weighted by atomic mass is 10.1. The Morgan fingerprint density at radius 1 is 1.12 bits per heavy atom. The standard InChI is InChI=1S/C21H23F2N5O3S/c1-2-8-27-19(30)17-18(25-20(32-17)26-9-4-3-5-10-26)28(21(27)31)12-16(29)24-13-6-7-14(22)15(23)11-13/h6-7,11H,2-5,8-10,12H2,1H3,(H,24,29). The van der Waals surface area contributed by atoms with Crippen molar-refractivity contribution in [3.05, 3.63) is 50.7 Å². The minimum absolute atomic E-state index is 0.0624. The SMILES string of the molecule is CCCn1c(=O)c2sc(N3CCCCC3)nc2n(CC(=O)Nc2ccc(F)c(F)c2)c1=O. The van der Waals surface area contributed by atoms with Crippen molar-refractivity contribution in [1.82, 2.24) is 14.1 Å². The van der Waals surface area contributed by atoms with Crippen molar-refractivity contribution in [1.29, 1.82) is 0 Å². The molecule has 0 radical (unpaired) electrons. The lowest BCUT2D eigenvalue weighted by Gasteiger charge is -2.25. The maximum atomic E-state index is 13.5. The Kier molecular flexibility index (Phi) is 6.35. The predicted molar refractivity (Wildman–Crippen MR) is 119 cm³/mol. The molecule has 0 bridgehead atoms. The summed E-state index contributed by atoms with van der Waals surface area (Å²) in [6.07, 6.45) is 3.76. The van der Waals surface area contributed by atoms with Gasteiger partial charge in [-0.05, 0) is 37.8 Å². The molecule has 8 nitrogen and oxygen atoms in total. The highest BCUT2D eigenvalue weighted by Gasteiger charge is 2.22. The predicted octanol–water partition coefficient (Wildman–Crippen LogP) is 2.94. The summed E-state index contributed by atoms with van der Waals surface area (Å²) in [4.78, 5) is 45.3. The number of halogens is 2. The smallest absolute Gasteiger partial charge is 0.333 e. The van der Waals surface area contributed by atoms with Crippen molar-refractivity contribution >= 4 is 38.4 Å². The second-order valence-corrected chi connectivity index (χ2v) is 8.68. The fourth-order valence-electron chi connectivity index (χ4n) is 3.77. The lowest BCUT2D eigenvalue weighted by Crippen LogP contribution is -2.41. The van der Waals surface area contributed by atoms with Gasteiger partial charge in [-0.25, -0.2) is 18.6 Å². The monoisotopic (exact) mass is 463 g/mol. The molecule has 3 heterocycles. The van der Waals surface area contributed by atoms with Crippen LogP contribution >= 0.6 is 11.3 Å². The molecule has 1 saturated heterocycles. The molecule has 0 saturated carbocycles. The summed E-state index contributed by atoms with van der Waals surface area (Å²) in [5.41, 5.74) is -0.809. The molecule has 1 aromatic carbocycles. The zero-order valence-corrected chi connectivity index (χ0v) is 18.4. The van der Waals surface area contributed by atoms with Gasteiger partial charge in [0.1, 0.15) is 11.2 Å². The van der Waals surface area contributed by atoms with Crippen LogP contribution in [0.4, 0.5) is 19.6 Å². The number of rotatable bonds is 6. The molecule has 1 aliphatic rings. The third-order valence-electron chi connectivity index (χ3n) is 5.33. The first-order valence-electron chi connectivity index (χ1n) is 10.5. The molecule has 1 aliphatic heterocycles.